The van der Waals surface area contributed by atoms with Gasteiger partial charge in [0.25, 0.3) is 10.0 Å². The smallest absolute Gasteiger partial charge is 0.339 e. The maximum Gasteiger partial charge on any atom is 0.339 e. The van der Waals surface area contributed by atoms with Crippen LogP contribution in [-0.4, -0.2) is 31.0 Å². The van der Waals surface area contributed by atoms with Gasteiger partial charge in [0, 0.05) is 13.1 Å². The number of benzene rings is 2. The van der Waals surface area contributed by atoms with Crippen LogP contribution in [0.15, 0.2) is 65.7 Å². The number of anilines is 2. The first-order chi connectivity index (χ1) is 15.9. The Labute approximate surface area is 194 Å². The standard InChI is InChI=1S/C25H27N3O4S/c1-2-28(17-18-8-4-3-5-9-18)24-23(25(29)30)15-21(16-26-24)27-33(31,32)22-13-12-19-10-6-7-11-20(19)14-22/h3-5,8-9,12-16,27H,2,6-7,10-11,17H2,1H3,(H,29,30). The zero-order valence-corrected chi connectivity index (χ0v) is 19.3. The van der Waals surface area contributed by atoms with E-state index >= 15 is 0 Å². The topological polar surface area (TPSA) is 99.6 Å². The molecule has 0 radical (unpaired) electrons. The summed E-state index contributed by atoms with van der Waals surface area (Å²) in [5.41, 5.74) is 3.33. The Morgan fingerprint density at radius 2 is 1.79 bits per heavy atom. The van der Waals surface area contributed by atoms with Gasteiger partial charge in [-0.15, -0.1) is 0 Å². The number of carbonyl (C=O) groups is 1. The van der Waals surface area contributed by atoms with E-state index in [-0.39, 0.29) is 16.1 Å². The second-order valence-electron chi connectivity index (χ2n) is 8.14. The number of aromatic carboxylic acids is 1. The van der Waals surface area contributed by atoms with E-state index < -0.39 is 16.0 Å². The highest BCUT2D eigenvalue weighted by atomic mass is 32.2. The molecule has 0 aliphatic heterocycles. The van der Waals surface area contributed by atoms with Gasteiger partial charge < -0.3 is 10.0 Å². The molecule has 0 saturated heterocycles. The van der Waals surface area contributed by atoms with Gasteiger partial charge >= 0.3 is 5.97 Å². The molecule has 3 aromatic rings. The number of aryl methyl sites for hydroxylation is 2. The Morgan fingerprint density at radius 1 is 1.06 bits per heavy atom. The predicted molar refractivity (Wildman–Crippen MR) is 128 cm³/mol. The summed E-state index contributed by atoms with van der Waals surface area (Å²) in [4.78, 5) is 18.3. The summed E-state index contributed by atoms with van der Waals surface area (Å²) in [5, 5.41) is 9.80. The number of nitrogens with one attached hydrogen (secondary N) is 1. The molecular formula is C25H27N3O4S. The number of fused-ring (bicyclic) bond motifs is 1. The summed E-state index contributed by atoms with van der Waals surface area (Å²) >= 11 is 0. The molecule has 0 unspecified atom stereocenters. The molecule has 0 spiro atoms. The highest BCUT2D eigenvalue weighted by Crippen LogP contribution is 2.27. The number of aromatic nitrogens is 1. The number of carboxylic acid groups (broad SMARTS) is 1. The molecule has 0 fully saturated rings. The number of sulfonamides is 1. The number of hydrogen-bond donors (Lipinski definition) is 2. The van der Waals surface area contributed by atoms with E-state index in [1.165, 1.54) is 17.8 Å². The summed E-state index contributed by atoms with van der Waals surface area (Å²) in [6.45, 7) is 2.95. The number of nitrogens with zero attached hydrogens (tertiary/aromatic N) is 2. The van der Waals surface area contributed by atoms with Crippen molar-refractivity contribution in [3.8, 4) is 0 Å². The zero-order valence-electron chi connectivity index (χ0n) is 18.5. The third kappa shape index (κ3) is 5.17. The maximum absolute atomic E-state index is 13.0. The van der Waals surface area contributed by atoms with Crippen molar-refractivity contribution in [3.63, 3.8) is 0 Å². The number of hydrogen-bond acceptors (Lipinski definition) is 5. The number of pyridine rings is 1. The molecule has 1 heterocycles. The van der Waals surface area contributed by atoms with Crippen LogP contribution in [0.2, 0.25) is 0 Å². The molecule has 33 heavy (non-hydrogen) atoms. The Bertz CT molecular complexity index is 1260. The summed E-state index contributed by atoms with van der Waals surface area (Å²) in [5.74, 6) is -0.871. The lowest BCUT2D eigenvalue weighted by Gasteiger charge is -2.24. The number of rotatable bonds is 8. The van der Waals surface area contributed by atoms with Gasteiger partial charge in [0.05, 0.1) is 16.8 Å². The lowest BCUT2D eigenvalue weighted by atomic mass is 9.92. The van der Waals surface area contributed by atoms with E-state index in [2.05, 4.69) is 9.71 Å². The predicted octanol–water partition coefficient (Wildman–Crippen LogP) is 4.49. The fraction of sp³-hybridized carbons (Fsp3) is 0.280. The fourth-order valence-corrected chi connectivity index (χ4v) is 5.24. The average Bonchev–Trinajstić information content (AvgIpc) is 2.82. The summed E-state index contributed by atoms with van der Waals surface area (Å²) in [6.07, 6.45) is 5.37. The normalized spacial score (nSPS) is 13.2. The van der Waals surface area contributed by atoms with Crippen molar-refractivity contribution in [1.82, 2.24) is 4.98 Å². The monoisotopic (exact) mass is 465 g/mol. The fourth-order valence-electron chi connectivity index (χ4n) is 4.15. The van der Waals surface area contributed by atoms with Gasteiger partial charge in [0.2, 0.25) is 0 Å². The minimum Gasteiger partial charge on any atom is -0.478 e. The zero-order chi connectivity index (χ0) is 23.4. The molecule has 0 atom stereocenters. The Morgan fingerprint density at radius 3 is 2.48 bits per heavy atom. The van der Waals surface area contributed by atoms with E-state index in [4.69, 9.17) is 0 Å². The Kier molecular flexibility index (Phi) is 6.65. The molecule has 2 aromatic carbocycles. The molecule has 1 aliphatic rings. The van der Waals surface area contributed by atoms with E-state index in [9.17, 15) is 18.3 Å². The van der Waals surface area contributed by atoms with Gasteiger partial charge in [0.15, 0.2) is 0 Å². The molecule has 1 aliphatic carbocycles. The van der Waals surface area contributed by atoms with Crippen LogP contribution in [0.4, 0.5) is 11.5 Å². The lowest BCUT2D eigenvalue weighted by molar-refractivity contribution is 0.0697. The Hall–Kier alpha value is -3.39. The van der Waals surface area contributed by atoms with Crippen molar-refractivity contribution in [2.24, 2.45) is 0 Å². The first kappa shape index (κ1) is 22.8. The van der Waals surface area contributed by atoms with E-state index in [1.54, 1.807) is 12.1 Å². The maximum atomic E-state index is 13.0. The molecule has 0 bridgehead atoms. The van der Waals surface area contributed by atoms with Crippen LogP contribution >= 0.6 is 0 Å². The van der Waals surface area contributed by atoms with Crippen molar-refractivity contribution < 1.29 is 18.3 Å². The summed E-state index contributed by atoms with van der Waals surface area (Å²) in [6, 6.07) is 16.2. The summed E-state index contributed by atoms with van der Waals surface area (Å²) < 4.78 is 28.5. The van der Waals surface area contributed by atoms with Gasteiger partial charge in [-0.2, -0.15) is 0 Å². The second-order valence-corrected chi connectivity index (χ2v) is 9.83. The van der Waals surface area contributed by atoms with Crippen LogP contribution in [0.5, 0.6) is 0 Å². The Balaban J connectivity index is 1.61. The molecular weight excluding hydrogens is 438 g/mol. The molecule has 4 rings (SSSR count). The summed E-state index contributed by atoms with van der Waals surface area (Å²) in [7, 11) is -3.87. The third-order valence-electron chi connectivity index (χ3n) is 5.88. The van der Waals surface area contributed by atoms with Crippen LogP contribution in [0, 0.1) is 0 Å². The quantitative estimate of drug-likeness (QED) is 0.509. The van der Waals surface area contributed by atoms with Crippen molar-refractivity contribution in [1.29, 1.82) is 0 Å². The van der Waals surface area contributed by atoms with Crippen LogP contribution < -0.4 is 9.62 Å². The first-order valence-electron chi connectivity index (χ1n) is 11.0. The molecule has 2 N–H and O–H groups in total. The van der Waals surface area contributed by atoms with Crippen molar-refractivity contribution in [3.05, 3.63) is 83.0 Å². The van der Waals surface area contributed by atoms with Crippen molar-refractivity contribution in [2.75, 3.05) is 16.2 Å². The van der Waals surface area contributed by atoms with Gasteiger partial charge in [-0.05, 0) is 67.5 Å². The van der Waals surface area contributed by atoms with E-state index in [0.717, 1.165) is 36.8 Å². The van der Waals surface area contributed by atoms with Gasteiger partial charge in [-0.3, -0.25) is 4.72 Å². The highest BCUT2D eigenvalue weighted by molar-refractivity contribution is 7.92. The van der Waals surface area contributed by atoms with Crippen LogP contribution in [-0.2, 0) is 29.4 Å². The van der Waals surface area contributed by atoms with Crippen molar-refractivity contribution in [2.45, 2.75) is 44.0 Å². The SMILES string of the molecule is CCN(Cc1ccccc1)c1ncc(NS(=O)(=O)c2ccc3c(c2)CCCC3)cc1C(=O)O. The lowest BCUT2D eigenvalue weighted by Crippen LogP contribution is -2.25. The third-order valence-corrected chi connectivity index (χ3v) is 7.26. The molecule has 7 nitrogen and oxygen atoms in total. The second kappa shape index (κ2) is 9.62. The minimum atomic E-state index is -3.87. The van der Waals surface area contributed by atoms with Crippen LogP contribution in [0.3, 0.4) is 0 Å². The highest BCUT2D eigenvalue weighted by Gasteiger charge is 2.22. The number of carboxylic acids is 1. The average molecular weight is 466 g/mol. The largest absolute Gasteiger partial charge is 0.478 e. The molecule has 0 amide bonds. The molecule has 1 aromatic heterocycles. The molecule has 8 heteroatoms. The minimum absolute atomic E-state index is 0.0570. The van der Waals surface area contributed by atoms with Gasteiger partial charge in [-0.1, -0.05) is 36.4 Å². The van der Waals surface area contributed by atoms with Gasteiger partial charge in [-0.25, -0.2) is 18.2 Å². The van der Waals surface area contributed by atoms with Crippen LogP contribution in [0.1, 0.15) is 46.8 Å². The van der Waals surface area contributed by atoms with Crippen molar-refractivity contribution >= 4 is 27.5 Å². The molecule has 172 valence electrons. The molecule has 0 saturated carbocycles. The van der Waals surface area contributed by atoms with E-state index in [0.29, 0.717) is 18.9 Å². The van der Waals surface area contributed by atoms with E-state index in [1.807, 2.05) is 48.2 Å². The van der Waals surface area contributed by atoms with Crippen LogP contribution in [0.25, 0.3) is 0 Å². The van der Waals surface area contributed by atoms with Gasteiger partial charge in [0.1, 0.15) is 11.4 Å². The first-order valence-corrected chi connectivity index (χ1v) is 12.5.